The van der Waals surface area contributed by atoms with Crippen LogP contribution in [0.25, 0.3) is 0 Å². The van der Waals surface area contributed by atoms with Crippen molar-refractivity contribution in [3.05, 3.63) is 35.5 Å². The second kappa shape index (κ2) is 8.15. The summed E-state index contributed by atoms with van der Waals surface area (Å²) in [5, 5.41) is 0. The number of rotatable bonds is 2. The van der Waals surface area contributed by atoms with Crippen molar-refractivity contribution in [2.75, 3.05) is 7.11 Å². The molecule has 134 valence electrons. The molecular formula is C21H32O3. The van der Waals surface area contributed by atoms with Gasteiger partial charge < -0.3 is 9.47 Å². The molecule has 3 nitrogen and oxygen atoms in total. The molecule has 1 aliphatic heterocycles. The molecule has 0 amide bonds. The average molecular weight is 332 g/mol. The predicted octanol–water partition coefficient (Wildman–Crippen LogP) is 5.13. The summed E-state index contributed by atoms with van der Waals surface area (Å²) in [6.45, 7) is 10.6. The van der Waals surface area contributed by atoms with Gasteiger partial charge in [0, 0.05) is 5.57 Å². The highest BCUT2D eigenvalue weighted by molar-refractivity contribution is 5.88. The van der Waals surface area contributed by atoms with Crippen LogP contribution in [0.2, 0.25) is 0 Å². The van der Waals surface area contributed by atoms with E-state index in [4.69, 9.17) is 9.47 Å². The third-order valence-corrected chi connectivity index (χ3v) is 5.53. The smallest absolute Gasteiger partial charge is 0.333 e. The first-order chi connectivity index (χ1) is 11.4. The normalized spacial score (nSPS) is 36.2. The SMILES string of the molecule is C=C(C(=O)OC)[C@@H]1CC/C(C)=C/CC/C(C)=C/CC[C@]2(C)O[C@H]2C1. The molecule has 1 fully saturated rings. The summed E-state index contributed by atoms with van der Waals surface area (Å²) in [5.74, 6) is -0.156. The summed E-state index contributed by atoms with van der Waals surface area (Å²) in [4.78, 5) is 11.9. The van der Waals surface area contributed by atoms with Gasteiger partial charge >= 0.3 is 5.97 Å². The molecule has 0 spiro atoms. The maximum absolute atomic E-state index is 11.9. The molecule has 1 heterocycles. The van der Waals surface area contributed by atoms with Gasteiger partial charge in [0.1, 0.15) is 0 Å². The first kappa shape index (κ1) is 19.0. The van der Waals surface area contributed by atoms with Crippen molar-refractivity contribution in [2.24, 2.45) is 5.92 Å². The minimum atomic E-state index is -0.288. The van der Waals surface area contributed by atoms with E-state index >= 15 is 0 Å². The highest BCUT2D eigenvalue weighted by atomic mass is 16.6. The highest BCUT2D eigenvalue weighted by Gasteiger charge is 2.52. The van der Waals surface area contributed by atoms with Crippen LogP contribution >= 0.6 is 0 Å². The quantitative estimate of drug-likeness (QED) is 0.305. The lowest BCUT2D eigenvalue weighted by Crippen LogP contribution is -2.19. The summed E-state index contributed by atoms with van der Waals surface area (Å²) in [5.41, 5.74) is 3.40. The lowest BCUT2D eigenvalue weighted by atomic mass is 9.85. The monoisotopic (exact) mass is 332 g/mol. The molecule has 1 aliphatic carbocycles. The van der Waals surface area contributed by atoms with Crippen LogP contribution < -0.4 is 0 Å². The molecule has 24 heavy (non-hydrogen) atoms. The Balaban J connectivity index is 2.11. The molecule has 0 aromatic carbocycles. The Morgan fingerprint density at radius 3 is 2.62 bits per heavy atom. The highest BCUT2D eigenvalue weighted by Crippen LogP contribution is 2.45. The second-order valence-electron chi connectivity index (χ2n) is 7.59. The third kappa shape index (κ3) is 5.07. The van der Waals surface area contributed by atoms with Crippen LogP contribution in [0.3, 0.4) is 0 Å². The zero-order valence-electron chi connectivity index (χ0n) is 15.7. The van der Waals surface area contributed by atoms with Crippen molar-refractivity contribution in [2.45, 2.75) is 77.4 Å². The van der Waals surface area contributed by atoms with Crippen molar-refractivity contribution in [3.8, 4) is 0 Å². The van der Waals surface area contributed by atoms with Gasteiger partial charge in [-0.3, -0.25) is 0 Å². The molecule has 2 aliphatic rings. The molecule has 0 unspecified atom stereocenters. The van der Waals surface area contributed by atoms with E-state index in [0.29, 0.717) is 5.57 Å². The number of hydrogen-bond acceptors (Lipinski definition) is 3. The van der Waals surface area contributed by atoms with E-state index in [9.17, 15) is 4.79 Å². The third-order valence-electron chi connectivity index (χ3n) is 5.53. The van der Waals surface area contributed by atoms with Crippen LogP contribution in [0.4, 0.5) is 0 Å². The van der Waals surface area contributed by atoms with Gasteiger partial charge in [-0.05, 0) is 71.6 Å². The van der Waals surface area contributed by atoms with Gasteiger partial charge in [-0.2, -0.15) is 0 Å². The van der Waals surface area contributed by atoms with E-state index in [2.05, 4.69) is 39.5 Å². The minimum Gasteiger partial charge on any atom is -0.466 e. The van der Waals surface area contributed by atoms with E-state index in [-0.39, 0.29) is 23.6 Å². The zero-order valence-corrected chi connectivity index (χ0v) is 15.7. The summed E-state index contributed by atoms with van der Waals surface area (Å²) in [6.07, 6.45) is 12.0. The van der Waals surface area contributed by atoms with Crippen molar-refractivity contribution in [1.29, 1.82) is 0 Å². The van der Waals surface area contributed by atoms with Gasteiger partial charge in [0.25, 0.3) is 0 Å². The fourth-order valence-corrected chi connectivity index (χ4v) is 3.56. The number of methoxy groups -OCH3 is 1. The number of fused-ring (bicyclic) bond motifs is 1. The van der Waals surface area contributed by atoms with Crippen molar-refractivity contribution in [3.63, 3.8) is 0 Å². The maximum Gasteiger partial charge on any atom is 0.333 e. The Morgan fingerprint density at radius 1 is 1.25 bits per heavy atom. The van der Waals surface area contributed by atoms with Crippen LogP contribution in [0.5, 0.6) is 0 Å². The minimum absolute atomic E-state index is 0.0412. The number of ether oxygens (including phenoxy) is 2. The summed E-state index contributed by atoms with van der Waals surface area (Å²) >= 11 is 0. The molecule has 0 N–H and O–H groups in total. The number of epoxide rings is 1. The zero-order chi connectivity index (χ0) is 17.7. The Kier molecular flexibility index (Phi) is 6.45. The molecule has 0 saturated carbocycles. The molecule has 2 rings (SSSR count). The van der Waals surface area contributed by atoms with E-state index in [1.54, 1.807) is 0 Å². The molecule has 3 atom stereocenters. The summed E-state index contributed by atoms with van der Waals surface area (Å²) in [7, 11) is 1.42. The van der Waals surface area contributed by atoms with Gasteiger partial charge in [-0.25, -0.2) is 4.79 Å². The maximum atomic E-state index is 11.9. The van der Waals surface area contributed by atoms with Gasteiger partial charge in [0.05, 0.1) is 18.8 Å². The van der Waals surface area contributed by atoms with Gasteiger partial charge in [-0.15, -0.1) is 0 Å². The summed E-state index contributed by atoms with van der Waals surface area (Å²) in [6, 6.07) is 0. The standard InChI is InChI=1S/C21H32O3/c1-15-8-6-9-16(2)11-12-18(17(3)20(22)23-5)14-19-21(4,24-19)13-7-10-15/h9-10,18-19H,3,6-8,11-14H2,1-2,4-5H3/b15-10+,16-9+/t18-,19+,21+/m1/s1. The number of carbonyl (C=O) groups is 1. The molecule has 0 radical (unpaired) electrons. The molecule has 0 aromatic heterocycles. The van der Waals surface area contributed by atoms with Crippen molar-refractivity contribution in [1.82, 2.24) is 0 Å². The second-order valence-corrected chi connectivity index (χ2v) is 7.59. The number of carbonyl (C=O) groups excluding carboxylic acids is 1. The Labute approximate surface area is 146 Å². The molecule has 0 bridgehead atoms. The van der Waals surface area contributed by atoms with Crippen LogP contribution in [-0.4, -0.2) is 24.8 Å². The van der Waals surface area contributed by atoms with Gasteiger partial charge in [0.2, 0.25) is 0 Å². The van der Waals surface area contributed by atoms with Gasteiger partial charge in [0.15, 0.2) is 0 Å². The van der Waals surface area contributed by atoms with Crippen LogP contribution in [0, 0.1) is 5.92 Å². The fraction of sp³-hybridized carbons (Fsp3) is 0.667. The molecule has 3 heteroatoms. The Hall–Kier alpha value is -1.35. The number of hydrogen-bond donors (Lipinski definition) is 0. The van der Waals surface area contributed by atoms with Crippen molar-refractivity contribution >= 4 is 5.97 Å². The Morgan fingerprint density at radius 2 is 1.92 bits per heavy atom. The topological polar surface area (TPSA) is 38.8 Å². The average Bonchev–Trinajstić information content (AvgIpc) is 3.18. The molecule has 0 aromatic rings. The largest absolute Gasteiger partial charge is 0.466 e. The lowest BCUT2D eigenvalue weighted by molar-refractivity contribution is -0.136. The first-order valence-electron chi connectivity index (χ1n) is 9.12. The van der Waals surface area contributed by atoms with E-state index in [1.807, 2.05) is 0 Å². The van der Waals surface area contributed by atoms with E-state index < -0.39 is 0 Å². The number of esters is 1. The van der Waals surface area contributed by atoms with Crippen LogP contribution in [-0.2, 0) is 14.3 Å². The van der Waals surface area contributed by atoms with Crippen molar-refractivity contribution < 1.29 is 14.3 Å². The lowest BCUT2D eigenvalue weighted by Gasteiger charge is -2.18. The van der Waals surface area contributed by atoms with Crippen LogP contribution in [0.15, 0.2) is 35.5 Å². The fourth-order valence-electron chi connectivity index (χ4n) is 3.56. The van der Waals surface area contributed by atoms with Gasteiger partial charge in [-0.1, -0.05) is 29.9 Å². The number of allylic oxidation sites excluding steroid dienone is 4. The first-order valence-corrected chi connectivity index (χ1v) is 9.12. The van der Waals surface area contributed by atoms with E-state index in [0.717, 1.165) is 44.9 Å². The molecular weight excluding hydrogens is 300 g/mol. The predicted molar refractivity (Wildman–Crippen MR) is 97.8 cm³/mol. The Bertz CT molecular complexity index is 543. The molecule has 1 saturated heterocycles. The summed E-state index contributed by atoms with van der Waals surface area (Å²) < 4.78 is 10.9. The van der Waals surface area contributed by atoms with Crippen LogP contribution in [0.1, 0.15) is 65.7 Å². The van der Waals surface area contributed by atoms with E-state index in [1.165, 1.54) is 18.3 Å².